The third-order valence-electron chi connectivity index (χ3n) is 10.6. The van der Waals surface area contributed by atoms with Gasteiger partial charge >= 0.3 is 0 Å². The molecule has 1 aromatic rings. The van der Waals surface area contributed by atoms with Crippen LogP contribution in [0.5, 0.6) is 0 Å². The van der Waals surface area contributed by atoms with Crippen molar-refractivity contribution >= 4 is 15.8 Å². The smallest absolute Gasteiger partial charge is 0.245 e. The van der Waals surface area contributed by atoms with E-state index in [9.17, 15) is 18.3 Å². The topological polar surface area (TPSA) is 112 Å². The number of hydrogen-bond acceptors (Lipinski definition) is 8. The maximum Gasteiger partial charge on any atom is 0.245 e. The molecule has 3 saturated heterocycles. The van der Waals surface area contributed by atoms with Gasteiger partial charge in [0.25, 0.3) is 0 Å². The van der Waals surface area contributed by atoms with Crippen LogP contribution in [0.4, 0.5) is 0 Å². The SMILES string of the molecule is Cc1ccc(S(=O)(=O)N2[C@@H](C(O)[C@]34OC(C)(C)O[C@H]3[C@@H]3O[C@@H]5[C@@H]6C[C@@H]7[C@H]5[C@]7(C4=O)[C@@H]63)COC2(C)C)cc1. The molecule has 1 unspecified atom stereocenters. The Labute approximate surface area is 216 Å². The molecule has 5 saturated carbocycles. The zero-order valence-corrected chi connectivity index (χ0v) is 22.4. The third kappa shape index (κ3) is 2.41. The molecule has 1 spiro atoms. The van der Waals surface area contributed by atoms with Crippen LogP contribution in [0.25, 0.3) is 0 Å². The number of aryl methyl sites for hydroxylation is 1. The summed E-state index contributed by atoms with van der Waals surface area (Å²) < 4.78 is 54.5. The average molecular weight is 532 g/mol. The standard InChI is InChI=1S/C27H33NO8S/c1-12-6-8-13(9-7-12)37(31,32)28-16(11-33-24(28,2)3)21(29)27-22(35-25(4,5)36-27)20-17-14-10-15-18(19(14)34-20)26(15,17)23(27)30/h6-9,14-22,29H,10-11H2,1-5H3/t14-,15-,16-,17+,18-,19-,20-,21?,22+,26-,27+/m1/s1. The second-order valence-electron chi connectivity index (χ2n) is 13.1. The minimum atomic E-state index is -4.09. The summed E-state index contributed by atoms with van der Waals surface area (Å²) in [5.74, 6) is -0.388. The van der Waals surface area contributed by atoms with Gasteiger partial charge in [0, 0.05) is 17.3 Å². The molecule has 0 radical (unpaired) electrons. The Hall–Kier alpha value is -1.40. The summed E-state index contributed by atoms with van der Waals surface area (Å²) in [5.41, 5.74) is -2.60. The molecule has 1 N–H and O–H groups in total. The summed E-state index contributed by atoms with van der Waals surface area (Å²) in [7, 11) is -4.09. The first-order valence-electron chi connectivity index (χ1n) is 13.3. The van der Waals surface area contributed by atoms with Crippen molar-refractivity contribution in [2.24, 2.45) is 29.1 Å². The average Bonchev–Trinajstić information content (AvgIpc) is 3.40. The summed E-state index contributed by atoms with van der Waals surface area (Å²) >= 11 is 0. The van der Waals surface area contributed by atoms with E-state index in [1.165, 1.54) is 4.31 Å². The lowest BCUT2D eigenvalue weighted by molar-refractivity contribution is -0.207. The molecular weight excluding hydrogens is 498 g/mol. The van der Waals surface area contributed by atoms with Gasteiger partial charge in [-0.2, -0.15) is 4.31 Å². The first-order valence-corrected chi connectivity index (χ1v) is 14.7. The van der Waals surface area contributed by atoms with Crippen molar-refractivity contribution < 1.29 is 37.3 Å². The van der Waals surface area contributed by atoms with Crippen molar-refractivity contribution in [1.29, 1.82) is 0 Å². The lowest BCUT2D eigenvalue weighted by Crippen LogP contribution is -2.73. The maximum absolute atomic E-state index is 14.7. The number of rotatable bonds is 4. The van der Waals surface area contributed by atoms with E-state index >= 15 is 0 Å². The number of aliphatic hydroxyl groups is 1. The number of ketones is 1. The number of nitrogens with zero attached hydrogens (tertiary/aromatic N) is 1. The van der Waals surface area contributed by atoms with E-state index in [1.807, 2.05) is 6.92 Å². The highest BCUT2D eigenvalue weighted by atomic mass is 32.2. The van der Waals surface area contributed by atoms with E-state index < -0.39 is 50.8 Å². The zero-order valence-electron chi connectivity index (χ0n) is 21.6. The number of fused-ring (bicyclic) bond motifs is 2. The van der Waals surface area contributed by atoms with Crippen molar-refractivity contribution in [3.8, 4) is 0 Å². The van der Waals surface area contributed by atoms with Crippen LogP contribution in [0.2, 0.25) is 0 Å². The summed E-state index contributed by atoms with van der Waals surface area (Å²) in [5, 5.41) is 12.2. The number of ether oxygens (including phenoxy) is 4. The molecule has 10 heteroatoms. The number of carbonyl (C=O) groups is 1. The van der Waals surface area contributed by atoms with Crippen LogP contribution in [-0.4, -0.2) is 77.8 Å². The molecule has 9 nitrogen and oxygen atoms in total. The number of carbonyl (C=O) groups excluding carboxylic acids is 1. The fraction of sp³-hybridized carbons (Fsp3) is 0.741. The molecule has 3 heterocycles. The van der Waals surface area contributed by atoms with E-state index in [4.69, 9.17) is 18.9 Å². The molecule has 0 amide bonds. The van der Waals surface area contributed by atoms with E-state index in [0.717, 1.165) is 12.0 Å². The van der Waals surface area contributed by atoms with Crippen LogP contribution in [0.1, 0.15) is 39.7 Å². The molecule has 1 aromatic carbocycles. The van der Waals surface area contributed by atoms with E-state index in [1.54, 1.807) is 52.0 Å². The summed E-state index contributed by atoms with van der Waals surface area (Å²) in [4.78, 5) is 14.8. The van der Waals surface area contributed by atoms with Gasteiger partial charge in [0.15, 0.2) is 17.2 Å². The molecule has 200 valence electrons. The molecule has 3 aliphatic heterocycles. The highest BCUT2D eigenvalue weighted by Gasteiger charge is 2.96. The van der Waals surface area contributed by atoms with E-state index in [2.05, 4.69) is 0 Å². The lowest BCUT2D eigenvalue weighted by Gasteiger charge is -2.50. The maximum atomic E-state index is 14.7. The Morgan fingerprint density at radius 3 is 2.46 bits per heavy atom. The van der Waals surface area contributed by atoms with Gasteiger partial charge in [0.1, 0.15) is 17.9 Å². The Bertz CT molecular complexity index is 1340. The van der Waals surface area contributed by atoms with Crippen molar-refractivity contribution in [3.05, 3.63) is 29.8 Å². The molecule has 6 bridgehead atoms. The van der Waals surface area contributed by atoms with Crippen LogP contribution < -0.4 is 0 Å². The van der Waals surface area contributed by atoms with Crippen molar-refractivity contribution in [2.75, 3.05) is 6.61 Å². The van der Waals surface area contributed by atoms with Gasteiger partial charge in [0.05, 0.1) is 29.8 Å². The normalized spacial score (nSPS) is 50.5. The predicted molar refractivity (Wildman–Crippen MR) is 127 cm³/mol. The Balaban J connectivity index is 1.25. The predicted octanol–water partition coefficient (Wildman–Crippen LogP) is 1.60. The second-order valence-corrected chi connectivity index (χ2v) is 14.9. The van der Waals surface area contributed by atoms with E-state index in [-0.39, 0.29) is 47.2 Å². The van der Waals surface area contributed by atoms with Gasteiger partial charge in [-0.05, 0) is 65.0 Å². The summed E-state index contributed by atoms with van der Waals surface area (Å²) in [6, 6.07) is 5.53. The van der Waals surface area contributed by atoms with Gasteiger partial charge in [-0.3, -0.25) is 4.79 Å². The molecular formula is C27H33NO8S. The van der Waals surface area contributed by atoms with Crippen LogP contribution in [0, 0.1) is 36.0 Å². The van der Waals surface area contributed by atoms with Crippen LogP contribution in [0.15, 0.2) is 29.2 Å². The molecule has 9 rings (SSSR count). The number of sulfonamides is 1. The number of Topliss-reactive ketones (excluding diaryl/α,β-unsaturated/α-hetero) is 1. The minimum Gasteiger partial charge on any atom is -0.388 e. The minimum absolute atomic E-state index is 0.0785. The second kappa shape index (κ2) is 6.49. The first kappa shape index (κ1) is 23.5. The lowest BCUT2D eigenvalue weighted by atomic mass is 9.63. The Morgan fingerprint density at radius 2 is 1.78 bits per heavy atom. The fourth-order valence-electron chi connectivity index (χ4n) is 9.61. The number of hydrogen-bond donors (Lipinski definition) is 1. The zero-order chi connectivity index (χ0) is 26.1. The van der Waals surface area contributed by atoms with Crippen LogP contribution in [0.3, 0.4) is 0 Å². The number of benzene rings is 1. The molecule has 37 heavy (non-hydrogen) atoms. The monoisotopic (exact) mass is 531 g/mol. The molecule has 8 fully saturated rings. The highest BCUT2D eigenvalue weighted by Crippen LogP contribution is 2.88. The summed E-state index contributed by atoms with van der Waals surface area (Å²) in [6.45, 7) is 8.61. The van der Waals surface area contributed by atoms with Crippen LogP contribution >= 0.6 is 0 Å². The van der Waals surface area contributed by atoms with Gasteiger partial charge in [-0.1, -0.05) is 17.7 Å². The van der Waals surface area contributed by atoms with Gasteiger partial charge in [-0.25, -0.2) is 8.42 Å². The van der Waals surface area contributed by atoms with E-state index in [0.29, 0.717) is 5.92 Å². The quantitative estimate of drug-likeness (QED) is 0.624. The largest absolute Gasteiger partial charge is 0.388 e. The van der Waals surface area contributed by atoms with Crippen molar-refractivity contribution in [2.45, 2.75) is 93.5 Å². The molecule has 5 aliphatic carbocycles. The van der Waals surface area contributed by atoms with Gasteiger partial charge in [0.2, 0.25) is 10.0 Å². The Morgan fingerprint density at radius 1 is 1.08 bits per heavy atom. The first-order chi connectivity index (χ1) is 17.3. The summed E-state index contributed by atoms with van der Waals surface area (Å²) in [6.07, 6.45) is -1.63. The van der Waals surface area contributed by atoms with Gasteiger partial charge < -0.3 is 24.1 Å². The molecule has 0 aromatic heterocycles. The van der Waals surface area contributed by atoms with Crippen molar-refractivity contribution in [3.63, 3.8) is 0 Å². The van der Waals surface area contributed by atoms with Crippen LogP contribution in [-0.2, 0) is 33.8 Å². The number of aliphatic hydroxyl groups excluding tert-OH is 1. The third-order valence-corrected chi connectivity index (χ3v) is 12.7. The van der Waals surface area contributed by atoms with Crippen molar-refractivity contribution in [1.82, 2.24) is 4.31 Å². The fourth-order valence-corrected chi connectivity index (χ4v) is 11.5. The molecule has 11 atom stereocenters. The Kier molecular flexibility index (Phi) is 4.12. The highest BCUT2D eigenvalue weighted by molar-refractivity contribution is 7.89. The molecule has 8 aliphatic rings. The van der Waals surface area contributed by atoms with Gasteiger partial charge in [-0.15, -0.1) is 0 Å².